The Kier molecular flexibility index (Phi) is 5.24. The van der Waals surface area contributed by atoms with Crippen molar-refractivity contribution >= 4 is 11.8 Å². The zero-order chi connectivity index (χ0) is 15.2. The van der Waals surface area contributed by atoms with Gasteiger partial charge < -0.3 is 20.6 Å². The molecule has 0 spiro atoms. The van der Waals surface area contributed by atoms with E-state index in [0.29, 0.717) is 18.7 Å². The molecule has 6 nitrogen and oxygen atoms in total. The van der Waals surface area contributed by atoms with Crippen LogP contribution in [0.2, 0.25) is 0 Å². The lowest BCUT2D eigenvalue weighted by Crippen LogP contribution is -2.51. The second-order valence-corrected chi connectivity index (χ2v) is 4.86. The molecule has 1 atom stereocenters. The summed E-state index contributed by atoms with van der Waals surface area (Å²) in [4.78, 5) is 24.7. The summed E-state index contributed by atoms with van der Waals surface area (Å²) >= 11 is 0. The van der Waals surface area contributed by atoms with Gasteiger partial charge in [0, 0.05) is 19.6 Å². The third-order valence-corrected chi connectivity index (χ3v) is 3.27. The van der Waals surface area contributed by atoms with E-state index in [2.05, 4.69) is 10.6 Å². The minimum Gasteiger partial charge on any atom is -0.387 e. The average molecular weight is 295 g/mol. The van der Waals surface area contributed by atoms with E-state index >= 15 is 0 Å². The number of nitrogens with zero attached hydrogens (tertiary/aromatic N) is 1. The van der Waals surface area contributed by atoms with Gasteiger partial charge in [0.05, 0.1) is 19.2 Å². The monoisotopic (exact) mass is 295 g/mol. The van der Waals surface area contributed by atoms with Gasteiger partial charge in [0.1, 0.15) is 5.82 Å². The molecule has 1 aliphatic heterocycles. The lowest BCUT2D eigenvalue weighted by Gasteiger charge is -2.26. The van der Waals surface area contributed by atoms with Crippen LogP contribution in [0.4, 0.5) is 4.39 Å². The Bertz CT molecular complexity index is 507. The highest BCUT2D eigenvalue weighted by molar-refractivity contribution is 5.86. The van der Waals surface area contributed by atoms with Gasteiger partial charge in [-0.05, 0) is 17.7 Å². The number of halogens is 1. The fraction of sp³-hybridized carbons (Fsp3) is 0.429. The number of nitrogens with one attached hydrogen (secondary N) is 2. The van der Waals surface area contributed by atoms with E-state index in [1.807, 2.05) is 0 Å². The molecule has 21 heavy (non-hydrogen) atoms. The first kappa shape index (κ1) is 15.4. The summed E-state index contributed by atoms with van der Waals surface area (Å²) in [5.74, 6) is -0.825. The smallest absolute Gasteiger partial charge is 0.239 e. The van der Waals surface area contributed by atoms with Crippen molar-refractivity contribution in [3.05, 3.63) is 35.6 Å². The molecule has 0 aromatic heterocycles. The van der Waals surface area contributed by atoms with E-state index in [1.54, 1.807) is 0 Å². The van der Waals surface area contributed by atoms with Gasteiger partial charge in [-0.2, -0.15) is 0 Å². The maximum atomic E-state index is 12.8. The quantitative estimate of drug-likeness (QED) is 0.678. The summed E-state index contributed by atoms with van der Waals surface area (Å²) in [5, 5.41) is 15.4. The lowest BCUT2D eigenvalue weighted by atomic mass is 10.1. The third-order valence-electron chi connectivity index (χ3n) is 3.27. The van der Waals surface area contributed by atoms with Crippen LogP contribution >= 0.6 is 0 Å². The predicted molar refractivity (Wildman–Crippen MR) is 73.8 cm³/mol. The second kappa shape index (κ2) is 7.14. The minimum atomic E-state index is -0.909. The van der Waals surface area contributed by atoms with Crippen molar-refractivity contribution in [3.63, 3.8) is 0 Å². The van der Waals surface area contributed by atoms with Crippen molar-refractivity contribution in [3.8, 4) is 0 Å². The molecule has 1 saturated heterocycles. The number of amides is 2. The number of carbonyl (C=O) groups excluding carboxylic acids is 2. The first-order chi connectivity index (χ1) is 10.1. The Labute approximate surface area is 121 Å². The number of aliphatic hydroxyl groups excluding tert-OH is 1. The average Bonchev–Trinajstić information content (AvgIpc) is 2.48. The molecule has 2 rings (SSSR count). The molecule has 1 aromatic carbocycles. The summed E-state index contributed by atoms with van der Waals surface area (Å²) in [6.45, 7) is 1.40. The maximum absolute atomic E-state index is 12.8. The summed E-state index contributed by atoms with van der Waals surface area (Å²) in [6, 6.07) is 5.43. The fourth-order valence-electron chi connectivity index (χ4n) is 2.06. The molecule has 0 bridgehead atoms. The van der Waals surface area contributed by atoms with Crippen LogP contribution in [0.25, 0.3) is 0 Å². The molecule has 7 heteroatoms. The molecular formula is C14H18FN3O3. The molecule has 1 heterocycles. The number of hydrogen-bond acceptors (Lipinski definition) is 4. The van der Waals surface area contributed by atoms with E-state index in [-0.39, 0.29) is 37.3 Å². The number of piperazine rings is 1. The Hall–Kier alpha value is -1.99. The van der Waals surface area contributed by atoms with Crippen LogP contribution in [0.1, 0.15) is 11.7 Å². The summed E-state index contributed by atoms with van der Waals surface area (Å²) in [5.41, 5.74) is 0.523. The molecule has 1 aromatic rings. The molecule has 0 radical (unpaired) electrons. The van der Waals surface area contributed by atoms with Crippen LogP contribution in [0, 0.1) is 5.82 Å². The lowest BCUT2D eigenvalue weighted by molar-refractivity contribution is -0.136. The highest BCUT2D eigenvalue weighted by Crippen LogP contribution is 2.12. The van der Waals surface area contributed by atoms with Crippen molar-refractivity contribution < 1.29 is 19.1 Å². The van der Waals surface area contributed by atoms with Gasteiger partial charge in [0.25, 0.3) is 0 Å². The van der Waals surface area contributed by atoms with E-state index in [9.17, 15) is 19.1 Å². The van der Waals surface area contributed by atoms with Crippen LogP contribution in [-0.4, -0.2) is 54.5 Å². The second-order valence-electron chi connectivity index (χ2n) is 4.86. The number of carbonyl (C=O) groups is 2. The largest absolute Gasteiger partial charge is 0.387 e. The molecule has 0 aliphatic carbocycles. The van der Waals surface area contributed by atoms with Gasteiger partial charge in [0.2, 0.25) is 11.8 Å². The van der Waals surface area contributed by atoms with Crippen LogP contribution in [-0.2, 0) is 9.59 Å². The highest BCUT2D eigenvalue weighted by atomic mass is 19.1. The van der Waals surface area contributed by atoms with Gasteiger partial charge in [0.15, 0.2) is 0 Å². The summed E-state index contributed by atoms with van der Waals surface area (Å²) in [6.07, 6.45) is -0.909. The van der Waals surface area contributed by atoms with Crippen LogP contribution in [0.3, 0.4) is 0 Å². The molecule has 114 valence electrons. The molecule has 1 fully saturated rings. The van der Waals surface area contributed by atoms with E-state index in [0.717, 1.165) is 0 Å². The fourth-order valence-corrected chi connectivity index (χ4v) is 2.06. The molecule has 3 N–H and O–H groups in total. The topological polar surface area (TPSA) is 81.7 Å². The Morgan fingerprint density at radius 3 is 2.81 bits per heavy atom. The Balaban J connectivity index is 1.78. The van der Waals surface area contributed by atoms with Gasteiger partial charge in [-0.15, -0.1) is 0 Å². The molecule has 0 saturated carbocycles. The standard InChI is InChI=1S/C14H18FN3O3/c15-11-3-1-10(2-4-11)12(19)7-17-13(20)9-18-6-5-16-8-14(18)21/h1-4,12,16,19H,5-9H2,(H,17,20)/t12-/m1/s1. The first-order valence-corrected chi connectivity index (χ1v) is 6.75. The number of benzene rings is 1. The number of aliphatic hydroxyl groups is 1. The van der Waals surface area contributed by atoms with E-state index < -0.39 is 6.10 Å². The van der Waals surface area contributed by atoms with Gasteiger partial charge in [-0.25, -0.2) is 4.39 Å². The normalized spacial score (nSPS) is 16.7. The van der Waals surface area contributed by atoms with Crippen molar-refractivity contribution in [2.75, 3.05) is 32.7 Å². The van der Waals surface area contributed by atoms with Crippen molar-refractivity contribution in [1.82, 2.24) is 15.5 Å². The number of hydrogen-bond donors (Lipinski definition) is 3. The van der Waals surface area contributed by atoms with Crippen LogP contribution in [0.15, 0.2) is 24.3 Å². The maximum Gasteiger partial charge on any atom is 0.239 e. The van der Waals surface area contributed by atoms with Crippen molar-refractivity contribution in [1.29, 1.82) is 0 Å². The zero-order valence-corrected chi connectivity index (χ0v) is 11.5. The van der Waals surface area contributed by atoms with Crippen LogP contribution in [0.5, 0.6) is 0 Å². The van der Waals surface area contributed by atoms with E-state index in [1.165, 1.54) is 29.2 Å². The summed E-state index contributed by atoms with van der Waals surface area (Å²) < 4.78 is 12.8. The van der Waals surface area contributed by atoms with Gasteiger partial charge in [-0.3, -0.25) is 9.59 Å². The predicted octanol–water partition coefficient (Wildman–Crippen LogP) is -0.593. The van der Waals surface area contributed by atoms with Crippen LogP contribution < -0.4 is 10.6 Å². The SMILES string of the molecule is O=C(CN1CCNCC1=O)NC[C@@H](O)c1ccc(F)cc1. The van der Waals surface area contributed by atoms with E-state index in [4.69, 9.17) is 0 Å². The molecule has 2 amide bonds. The third kappa shape index (κ3) is 4.51. The zero-order valence-electron chi connectivity index (χ0n) is 11.5. The minimum absolute atomic E-state index is 0.0172. The van der Waals surface area contributed by atoms with Gasteiger partial charge in [-0.1, -0.05) is 12.1 Å². The van der Waals surface area contributed by atoms with Crippen molar-refractivity contribution in [2.24, 2.45) is 0 Å². The van der Waals surface area contributed by atoms with Gasteiger partial charge >= 0.3 is 0 Å². The molecule has 0 unspecified atom stereocenters. The Morgan fingerprint density at radius 2 is 2.14 bits per heavy atom. The molecule has 1 aliphatic rings. The highest BCUT2D eigenvalue weighted by Gasteiger charge is 2.20. The Morgan fingerprint density at radius 1 is 1.43 bits per heavy atom. The molecular weight excluding hydrogens is 277 g/mol. The number of rotatable bonds is 5. The summed E-state index contributed by atoms with van der Waals surface area (Å²) in [7, 11) is 0. The first-order valence-electron chi connectivity index (χ1n) is 6.75. The van der Waals surface area contributed by atoms with Crippen molar-refractivity contribution in [2.45, 2.75) is 6.10 Å².